The molecule has 0 bridgehead atoms. The van der Waals surface area contributed by atoms with E-state index in [4.69, 9.17) is 10.2 Å². The fourth-order valence-corrected chi connectivity index (χ4v) is 1.49. The van der Waals surface area contributed by atoms with Crippen LogP contribution in [0.15, 0.2) is 18.2 Å². The van der Waals surface area contributed by atoms with Gasteiger partial charge in [0.15, 0.2) is 0 Å². The number of carboxylic acid groups (broad SMARTS) is 2. The normalized spacial score (nSPS) is 9.90. The van der Waals surface area contributed by atoms with Crippen molar-refractivity contribution in [1.82, 2.24) is 4.90 Å². The average molecular weight is 284 g/mol. The van der Waals surface area contributed by atoms with Gasteiger partial charge in [0.25, 0.3) is 0 Å². The quantitative estimate of drug-likeness (QED) is 0.751. The van der Waals surface area contributed by atoms with E-state index in [0.717, 1.165) is 6.07 Å². The lowest BCUT2D eigenvalue weighted by atomic mass is 10.2. The Bertz CT molecular complexity index is 531. The molecule has 0 unspecified atom stereocenters. The van der Waals surface area contributed by atoms with Crippen molar-refractivity contribution >= 4 is 23.7 Å². The Balaban J connectivity index is 2.84. The third kappa shape index (κ3) is 4.56. The number of carboxylic acids is 2. The molecular formula is C12H13FN2O5. The van der Waals surface area contributed by atoms with E-state index in [0.29, 0.717) is 10.5 Å². The number of hydrogen-bond donors (Lipinski definition) is 3. The molecule has 0 saturated heterocycles. The first-order chi connectivity index (χ1) is 9.29. The highest BCUT2D eigenvalue weighted by atomic mass is 19.1. The molecule has 0 fully saturated rings. The zero-order valence-corrected chi connectivity index (χ0v) is 10.6. The van der Waals surface area contributed by atoms with Crippen molar-refractivity contribution in [3.63, 3.8) is 0 Å². The van der Waals surface area contributed by atoms with Crippen molar-refractivity contribution in [3.05, 3.63) is 29.6 Å². The van der Waals surface area contributed by atoms with Crippen LogP contribution in [0.25, 0.3) is 0 Å². The summed E-state index contributed by atoms with van der Waals surface area (Å²) in [5, 5.41) is 19.6. The first kappa shape index (κ1) is 15.4. The van der Waals surface area contributed by atoms with Gasteiger partial charge in [0.05, 0.1) is 0 Å². The predicted molar refractivity (Wildman–Crippen MR) is 67.0 cm³/mol. The zero-order valence-electron chi connectivity index (χ0n) is 10.6. The number of carbonyl (C=O) groups excluding carboxylic acids is 1. The summed E-state index contributed by atoms with van der Waals surface area (Å²) in [7, 11) is 0. The summed E-state index contributed by atoms with van der Waals surface area (Å²) in [6, 6.07) is 2.74. The third-order valence-corrected chi connectivity index (χ3v) is 2.37. The zero-order chi connectivity index (χ0) is 15.3. The van der Waals surface area contributed by atoms with Crippen LogP contribution >= 0.6 is 0 Å². The van der Waals surface area contributed by atoms with Crippen LogP contribution in [0.1, 0.15) is 5.56 Å². The van der Waals surface area contributed by atoms with Crippen LogP contribution in [-0.2, 0) is 9.59 Å². The number of carbonyl (C=O) groups is 3. The van der Waals surface area contributed by atoms with E-state index in [9.17, 15) is 18.8 Å². The maximum absolute atomic E-state index is 12.9. The van der Waals surface area contributed by atoms with Crippen molar-refractivity contribution in [1.29, 1.82) is 0 Å². The van der Waals surface area contributed by atoms with E-state index < -0.39 is 36.9 Å². The Kier molecular flexibility index (Phi) is 5.01. The van der Waals surface area contributed by atoms with Crippen LogP contribution in [0.4, 0.5) is 14.9 Å². The number of nitrogens with zero attached hydrogens (tertiary/aromatic N) is 1. The second-order valence-electron chi connectivity index (χ2n) is 4.03. The first-order valence-electron chi connectivity index (χ1n) is 5.55. The second-order valence-corrected chi connectivity index (χ2v) is 4.03. The van der Waals surface area contributed by atoms with E-state index >= 15 is 0 Å². The van der Waals surface area contributed by atoms with Crippen molar-refractivity contribution in [2.75, 3.05) is 18.4 Å². The summed E-state index contributed by atoms with van der Waals surface area (Å²) in [6.45, 7) is 0.0498. The number of nitrogens with one attached hydrogen (secondary N) is 1. The minimum absolute atomic E-state index is 0.275. The SMILES string of the molecule is Cc1cc(F)ccc1NC(=O)N(CC(=O)O)CC(=O)O. The monoisotopic (exact) mass is 284 g/mol. The molecule has 108 valence electrons. The molecule has 1 aromatic rings. The van der Waals surface area contributed by atoms with Gasteiger partial charge in [0, 0.05) is 5.69 Å². The van der Waals surface area contributed by atoms with Crippen LogP contribution in [0, 0.1) is 12.7 Å². The molecule has 0 aliphatic rings. The van der Waals surface area contributed by atoms with Crippen molar-refractivity contribution in [2.24, 2.45) is 0 Å². The van der Waals surface area contributed by atoms with Crippen LogP contribution in [0.5, 0.6) is 0 Å². The molecule has 0 saturated carbocycles. The number of rotatable bonds is 5. The highest BCUT2D eigenvalue weighted by molar-refractivity contribution is 5.93. The van der Waals surface area contributed by atoms with E-state index in [1.807, 2.05) is 0 Å². The van der Waals surface area contributed by atoms with Gasteiger partial charge in [-0.3, -0.25) is 9.59 Å². The lowest BCUT2D eigenvalue weighted by molar-refractivity contribution is -0.140. The number of urea groups is 1. The largest absolute Gasteiger partial charge is 0.480 e. The number of amides is 2. The summed E-state index contributed by atoms with van der Waals surface area (Å²) < 4.78 is 12.9. The van der Waals surface area contributed by atoms with E-state index in [1.165, 1.54) is 12.1 Å². The Labute approximate surface area is 113 Å². The second kappa shape index (κ2) is 6.50. The molecule has 1 aromatic carbocycles. The van der Waals surface area contributed by atoms with Crippen molar-refractivity contribution in [2.45, 2.75) is 6.92 Å². The maximum atomic E-state index is 12.9. The summed E-state index contributed by atoms with van der Waals surface area (Å²) in [5.74, 6) is -3.15. The minimum atomic E-state index is -1.34. The molecule has 7 nitrogen and oxygen atoms in total. The van der Waals surface area contributed by atoms with E-state index in [1.54, 1.807) is 6.92 Å². The first-order valence-corrected chi connectivity index (χ1v) is 5.55. The van der Waals surface area contributed by atoms with Crippen molar-refractivity contribution in [3.8, 4) is 0 Å². The fraction of sp³-hybridized carbons (Fsp3) is 0.250. The molecule has 0 spiro atoms. The number of aryl methyl sites for hydroxylation is 1. The van der Waals surface area contributed by atoms with Crippen molar-refractivity contribution < 1.29 is 29.0 Å². The molecule has 0 heterocycles. The number of halogens is 1. The van der Waals surface area contributed by atoms with E-state index in [-0.39, 0.29) is 5.69 Å². The summed E-state index contributed by atoms with van der Waals surface area (Å²) in [5.41, 5.74) is 0.709. The Morgan fingerprint density at radius 3 is 2.20 bits per heavy atom. The van der Waals surface area contributed by atoms with Gasteiger partial charge < -0.3 is 20.4 Å². The molecule has 0 aromatic heterocycles. The number of anilines is 1. The summed E-state index contributed by atoms with van der Waals surface area (Å²) in [4.78, 5) is 33.6. The average Bonchev–Trinajstić information content (AvgIpc) is 2.30. The molecule has 8 heteroatoms. The van der Waals surface area contributed by atoms with Gasteiger partial charge in [-0.05, 0) is 30.7 Å². The summed E-state index contributed by atoms with van der Waals surface area (Å²) in [6.07, 6.45) is 0. The molecule has 2 amide bonds. The van der Waals surface area contributed by atoms with Crippen LogP contribution < -0.4 is 5.32 Å². The molecule has 0 atom stereocenters. The molecular weight excluding hydrogens is 271 g/mol. The molecule has 0 radical (unpaired) electrons. The van der Waals surface area contributed by atoms with Crippen LogP contribution in [-0.4, -0.2) is 46.2 Å². The highest BCUT2D eigenvalue weighted by Crippen LogP contribution is 2.16. The van der Waals surface area contributed by atoms with Crippen LogP contribution in [0.2, 0.25) is 0 Å². The molecule has 0 aliphatic heterocycles. The van der Waals surface area contributed by atoms with E-state index in [2.05, 4.69) is 5.32 Å². The maximum Gasteiger partial charge on any atom is 0.323 e. The van der Waals surface area contributed by atoms with Gasteiger partial charge in [0.1, 0.15) is 18.9 Å². The van der Waals surface area contributed by atoms with Gasteiger partial charge in [-0.2, -0.15) is 0 Å². The van der Waals surface area contributed by atoms with Gasteiger partial charge in [0.2, 0.25) is 0 Å². The molecule has 20 heavy (non-hydrogen) atoms. The number of benzene rings is 1. The Hall–Kier alpha value is -2.64. The lowest BCUT2D eigenvalue weighted by Gasteiger charge is -2.19. The van der Waals surface area contributed by atoms with Gasteiger partial charge in [-0.25, -0.2) is 9.18 Å². The minimum Gasteiger partial charge on any atom is -0.480 e. The molecule has 1 rings (SSSR count). The molecule has 0 aliphatic carbocycles. The summed E-state index contributed by atoms with van der Waals surface area (Å²) >= 11 is 0. The molecule has 3 N–H and O–H groups in total. The highest BCUT2D eigenvalue weighted by Gasteiger charge is 2.20. The van der Waals surface area contributed by atoms with Crippen LogP contribution in [0.3, 0.4) is 0 Å². The smallest absolute Gasteiger partial charge is 0.323 e. The topological polar surface area (TPSA) is 107 Å². The lowest BCUT2D eigenvalue weighted by Crippen LogP contribution is -2.42. The fourth-order valence-electron chi connectivity index (χ4n) is 1.49. The van der Waals surface area contributed by atoms with Gasteiger partial charge >= 0.3 is 18.0 Å². The standard InChI is InChI=1S/C12H13FN2O5/c1-7-4-8(13)2-3-9(7)14-12(20)15(5-10(16)17)6-11(18)19/h2-4H,5-6H2,1H3,(H,14,20)(H,16,17)(H,18,19). The predicted octanol–water partition coefficient (Wildman–Crippen LogP) is 1.14. The number of hydrogen-bond acceptors (Lipinski definition) is 3. The third-order valence-electron chi connectivity index (χ3n) is 2.37. The van der Waals surface area contributed by atoms with Gasteiger partial charge in [-0.1, -0.05) is 0 Å². The Morgan fingerprint density at radius 2 is 1.75 bits per heavy atom. The van der Waals surface area contributed by atoms with Gasteiger partial charge in [-0.15, -0.1) is 0 Å². The number of aliphatic carboxylic acids is 2. The Morgan fingerprint density at radius 1 is 1.20 bits per heavy atom.